The van der Waals surface area contributed by atoms with Crippen LogP contribution in [-0.2, 0) is 43.1 Å². The Bertz CT molecular complexity index is 4630. The molecule has 7 amide bonds. The fourth-order valence-electron chi connectivity index (χ4n) is 17.5. The van der Waals surface area contributed by atoms with Crippen molar-refractivity contribution in [3.05, 3.63) is 153 Å². The highest BCUT2D eigenvalue weighted by atomic mass is 35.5. The van der Waals surface area contributed by atoms with E-state index in [1.807, 2.05) is 13.8 Å². The number of imide groups is 1. The first-order valence-electron chi connectivity index (χ1n) is 37.7. The molecule has 15 bridgehead atoms. The van der Waals surface area contributed by atoms with Gasteiger partial charge in [-0.2, -0.15) is 0 Å². The second-order valence-corrected chi connectivity index (χ2v) is 32.0. The van der Waals surface area contributed by atoms with Crippen molar-refractivity contribution in [2.45, 2.75) is 177 Å². The predicted octanol–water partition coefficient (Wildman–Crippen LogP) is 8.33. The molecular weight excluding hydrogens is 1490 g/mol. The van der Waals surface area contributed by atoms with Crippen LogP contribution in [0.3, 0.4) is 0 Å². The molecule has 6 heterocycles. The second kappa shape index (κ2) is 33.5. The number of nitrogens with one attached hydrogen (secondary N) is 6. The number of Topliss-reactive ketones (excluding diaryl/α,β-unsaturated/α-hetero) is 3. The van der Waals surface area contributed by atoms with Crippen molar-refractivity contribution in [3.63, 3.8) is 0 Å². The molecule has 5 fully saturated rings. The molecule has 4 saturated carbocycles. The number of hydrogen-bond donors (Lipinski definition) is 15. The van der Waals surface area contributed by atoms with E-state index in [-0.39, 0.29) is 97.0 Å². The van der Waals surface area contributed by atoms with Crippen molar-refractivity contribution < 1.29 is 108 Å². The van der Waals surface area contributed by atoms with Crippen LogP contribution in [0, 0.1) is 47.3 Å². The molecule has 30 heteroatoms. The van der Waals surface area contributed by atoms with Gasteiger partial charge in [0, 0.05) is 48.8 Å². The first-order chi connectivity index (χ1) is 53.4. The maximum atomic E-state index is 16.5. The van der Waals surface area contributed by atoms with Crippen LogP contribution < -0.4 is 46.1 Å². The summed E-state index contributed by atoms with van der Waals surface area (Å²) in [6.45, 7) is 6.21. The maximum Gasteiger partial charge on any atom is 0.321 e. The Balaban J connectivity index is 0.998. The number of benzene rings is 6. The van der Waals surface area contributed by atoms with Crippen LogP contribution in [0.15, 0.2) is 109 Å². The van der Waals surface area contributed by atoms with Crippen molar-refractivity contribution >= 4 is 76.1 Å². The van der Waals surface area contributed by atoms with Gasteiger partial charge in [0.1, 0.15) is 89.5 Å². The molecule has 0 spiro atoms. The largest absolute Gasteiger partial charge is 0.508 e. The van der Waals surface area contributed by atoms with Crippen LogP contribution in [-0.4, -0.2) is 148 Å². The van der Waals surface area contributed by atoms with Crippen molar-refractivity contribution in [2.24, 2.45) is 47.3 Å². The molecule has 112 heavy (non-hydrogen) atoms. The van der Waals surface area contributed by atoms with Gasteiger partial charge in [0.05, 0.1) is 34.5 Å². The van der Waals surface area contributed by atoms with E-state index in [4.69, 9.17) is 42.1 Å². The van der Waals surface area contributed by atoms with Crippen molar-refractivity contribution in [1.82, 2.24) is 31.9 Å². The van der Waals surface area contributed by atoms with Crippen LogP contribution in [0.1, 0.15) is 168 Å². The number of phenols is 3. The smallest absolute Gasteiger partial charge is 0.321 e. The summed E-state index contributed by atoms with van der Waals surface area (Å²) in [6, 6.07) is 14.1. The zero-order chi connectivity index (χ0) is 80.0. The van der Waals surface area contributed by atoms with E-state index in [0.29, 0.717) is 23.8 Å². The van der Waals surface area contributed by atoms with E-state index >= 15 is 28.8 Å². The molecule has 6 aromatic rings. The van der Waals surface area contributed by atoms with Crippen LogP contribution in [0.25, 0.3) is 11.1 Å². The number of aliphatic hydroxyl groups is 6. The fraction of sp³-hybridized carbons (Fsp3) is 0.451. The minimum atomic E-state index is -2.21. The highest BCUT2D eigenvalue weighted by Gasteiger charge is 2.51. The molecule has 10 aliphatic rings. The third-order valence-electron chi connectivity index (χ3n) is 23.1. The van der Waals surface area contributed by atoms with E-state index < -0.39 is 204 Å². The molecule has 15 atom stereocenters. The Labute approximate surface area is 653 Å². The number of aliphatic hydroxyl groups excluding tert-OH is 6. The van der Waals surface area contributed by atoms with Gasteiger partial charge in [-0.05, 0) is 175 Å². The fourth-order valence-corrected chi connectivity index (χ4v) is 17.9. The van der Waals surface area contributed by atoms with Gasteiger partial charge in [0.2, 0.25) is 41.6 Å². The van der Waals surface area contributed by atoms with Crippen molar-refractivity contribution in [1.29, 1.82) is 0 Å². The molecule has 1 unspecified atom stereocenters. The lowest BCUT2D eigenvalue weighted by molar-refractivity contribution is -0.277. The van der Waals surface area contributed by atoms with Crippen LogP contribution in [0.2, 0.25) is 10.0 Å². The van der Waals surface area contributed by atoms with Crippen molar-refractivity contribution in [3.8, 4) is 57.1 Å². The van der Waals surface area contributed by atoms with Gasteiger partial charge >= 0.3 is 6.03 Å². The van der Waals surface area contributed by atoms with Crippen LogP contribution >= 0.6 is 23.2 Å². The average molecular weight is 1580 g/mol. The first-order valence-corrected chi connectivity index (χ1v) is 38.5. The van der Waals surface area contributed by atoms with Gasteiger partial charge in [-0.3, -0.25) is 43.7 Å². The molecule has 6 aromatic carbocycles. The molecule has 0 radical (unpaired) electrons. The zero-order valence-corrected chi connectivity index (χ0v) is 63.1. The van der Waals surface area contributed by atoms with E-state index in [2.05, 4.69) is 31.9 Å². The molecule has 1 saturated heterocycles. The van der Waals surface area contributed by atoms with E-state index in [0.717, 1.165) is 68.5 Å². The second-order valence-electron chi connectivity index (χ2n) is 31.1. The molecule has 594 valence electrons. The zero-order valence-electron chi connectivity index (χ0n) is 61.6. The van der Waals surface area contributed by atoms with Gasteiger partial charge in [-0.15, -0.1) is 0 Å². The third-order valence-corrected chi connectivity index (χ3v) is 23.6. The number of amides is 7. The number of ketones is 3. The van der Waals surface area contributed by atoms with Gasteiger partial charge in [-0.1, -0.05) is 92.5 Å². The van der Waals surface area contributed by atoms with E-state index in [1.165, 1.54) is 42.5 Å². The van der Waals surface area contributed by atoms with Gasteiger partial charge in [0.15, 0.2) is 28.8 Å². The number of carbonyl (C=O) groups is 9. The summed E-state index contributed by atoms with van der Waals surface area (Å²) >= 11 is 14.3. The lowest BCUT2D eigenvalue weighted by Crippen LogP contribution is -2.60. The number of aromatic hydroxyl groups is 3. The highest BCUT2D eigenvalue weighted by molar-refractivity contribution is 6.32. The normalized spacial score (nSPS) is 28.8. The summed E-state index contributed by atoms with van der Waals surface area (Å²) < 4.78 is 25.5. The van der Waals surface area contributed by atoms with Crippen molar-refractivity contribution in [2.75, 3.05) is 6.61 Å². The van der Waals surface area contributed by atoms with E-state index in [9.17, 15) is 60.3 Å². The highest BCUT2D eigenvalue weighted by Crippen LogP contribution is 2.58. The molecule has 6 aliphatic heterocycles. The van der Waals surface area contributed by atoms with Gasteiger partial charge in [0.25, 0.3) is 0 Å². The SMILES string of the molecule is CC[C@H](CC(C)C)C(=O)N[C@H]1C(=O)C[C@@H](CC(=O)NC(=O)N[C@@H](C)c2ccccc2)C(=O)N[C@H]2C(=O)C[C@@H]3C(=O)N[C@H](C(=O)N[C@H](C(=O)CC4C5CC6CC(C5)CC4C6)c4cc(O)cc(O)c4-c4cc3ccc4O)[C@H](O)c3ccc(c(Cl)c3)Oc3cc2cc(c3OC2O[C@H](CO)[C@@H](O)[C@H](O)[C@H]2O)Oc2ccc(cc2Cl)[C@H]1O. The number of halogens is 2. The molecular formula is C82H90Cl2N6O22. The summed E-state index contributed by atoms with van der Waals surface area (Å²) in [5.41, 5.74) is -0.931. The summed E-state index contributed by atoms with van der Waals surface area (Å²) in [5.74, 6) is -15.9. The number of hydrogen-bond acceptors (Lipinski definition) is 22. The number of fused-ring (bicyclic) bond motifs is 15. The minimum absolute atomic E-state index is 0.0329. The Morgan fingerprint density at radius 1 is 0.634 bits per heavy atom. The number of urea groups is 1. The standard InChI is InChI=1S/C82H90Cl2N6O22/c1-5-39(17-35(2)3)77(104)89-69-57(95)26-47(29-65(98)86-82(108)85-36(4)40-9-7-6-8-10-40)78(105)87-67-46-27-62(109-60-15-12-42(71(69)99)24-53(60)83)76(112-81-75(103)74(102)73(101)64(34-91)111-81)63(28-46)110-61-16-13-43(25-54(61)84)72(100)70-80(107)88-68(59(97)32-49-44-19-37-18-38(21-44)22-45(49)20-37)52-30-48(92)31-56(94)66(52)51-23-41(11-14-55(51)93)50(33-58(67)96)79(106)90-70/h6-16,23-25,27-28,30-31,35-39,44-45,47,49-50,64,67-75,81,91-94,99-103H,5,17-22,26,29,32-34H2,1-4H3,(H,87,105)(H,88,107)(H,89,104)(H,90,106)(H2,85,86,98,108)/t36-,37?,38?,39+,44?,45?,47-,49?,50-,64+,67+,68-,69-,70-,71+,72+,73+,74-,75+,81?/m0/s1. The van der Waals surface area contributed by atoms with Crippen LogP contribution in [0.5, 0.6) is 46.0 Å². The summed E-state index contributed by atoms with van der Waals surface area (Å²) in [7, 11) is 0. The Morgan fingerprint density at radius 3 is 1.88 bits per heavy atom. The molecule has 0 aromatic heterocycles. The maximum absolute atomic E-state index is 16.5. The Kier molecular flexibility index (Phi) is 24.0. The number of rotatable bonds is 15. The summed E-state index contributed by atoms with van der Waals surface area (Å²) in [4.78, 5) is 138. The topological polar surface area (TPSA) is 445 Å². The monoisotopic (exact) mass is 1580 g/mol. The summed E-state index contributed by atoms with van der Waals surface area (Å²) in [6.07, 6.45) is -11.7. The van der Waals surface area contributed by atoms with Gasteiger partial charge in [-0.25, -0.2) is 4.79 Å². The Morgan fingerprint density at radius 2 is 1.27 bits per heavy atom. The van der Waals surface area contributed by atoms with Gasteiger partial charge < -0.3 is 91.5 Å². The Hall–Kier alpha value is -9.75. The predicted molar refractivity (Wildman–Crippen MR) is 401 cm³/mol. The first kappa shape index (κ1) is 80.3. The average Bonchev–Trinajstić information content (AvgIpc) is 0.764. The molecule has 15 N–H and O–H groups in total. The number of ether oxygens (including phenoxy) is 4. The summed E-state index contributed by atoms with van der Waals surface area (Å²) in [5, 5.41) is 120. The van der Waals surface area contributed by atoms with E-state index in [1.54, 1.807) is 44.2 Å². The minimum Gasteiger partial charge on any atom is -0.508 e. The lowest BCUT2D eigenvalue weighted by atomic mass is 9.51. The number of phenolic OH excluding ortho intramolecular Hbond substituents is 3. The molecule has 16 rings (SSSR count). The van der Waals surface area contributed by atoms with Crippen LogP contribution in [0.4, 0.5) is 4.79 Å². The number of carbonyl (C=O) groups excluding carboxylic acids is 9. The quantitative estimate of drug-likeness (QED) is 0.0459. The molecule has 28 nitrogen and oxygen atoms in total. The third kappa shape index (κ3) is 17.0. The lowest BCUT2D eigenvalue weighted by Gasteiger charge is -2.54. The molecule has 4 aliphatic carbocycles.